The van der Waals surface area contributed by atoms with E-state index in [4.69, 9.17) is 0 Å². The van der Waals surface area contributed by atoms with Gasteiger partial charge in [-0.05, 0) is 36.8 Å². The fourth-order valence-electron chi connectivity index (χ4n) is 2.45. The summed E-state index contributed by atoms with van der Waals surface area (Å²) in [4.78, 5) is 3.86. The van der Waals surface area contributed by atoms with Gasteiger partial charge in [0.25, 0.3) is 0 Å². The van der Waals surface area contributed by atoms with Crippen molar-refractivity contribution < 1.29 is 4.39 Å². The van der Waals surface area contributed by atoms with Gasteiger partial charge in [0, 0.05) is 6.20 Å². The van der Waals surface area contributed by atoms with Crippen LogP contribution >= 0.6 is 0 Å². The van der Waals surface area contributed by atoms with Gasteiger partial charge >= 0.3 is 0 Å². The van der Waals surface area contributed by atoms with Gasteiger partial charge in [0.05, 0.1) is 6.20 Å². The largest absolute Gasteiger partial charge is 0.261 e. The molecule has 1 nitrogen and oxygen atoms in total. The summed E-state index contributed by atoms with van der Waals surface area (Å²) in [5.74, 6) is 0.323. The van der Waals surface area contributed by atoms with E-state index in [2.05, 4.69) is 4.98 Å². The summed E-state index contributed by atoms with van der Waals surface area (Å²) >= 11 is 0. The van der Waals surface area contributed by atoms with Gasteiger partial charge in [-0.1, -0.05) is 19.3 Å². The topological polar surface area (TPSA) is 12.9 Å². The van der Waals surface area contributed by atoms with Crippen molar-refractivity contribution in [2.45, 2.75) is 44.9 Å². The molecule has 2 heteroatoms. The zero-order valence-corrected chi connectivity index (χ0v) is 8.59. The Morgan fingerprint density at radius 1 is 1.21 bits per heavy atom. The molecule has 0 bridgehead atoms. The van der Waals surface area contributed by atoms with E-state index in [0.717, 1.165) is 24.0 Å². The molecule has 1 aromatic heterocycles. The molecule has 0 N–H and O–H groups in total. The van der Waals surface area contributed by atoms with Crippen LogP contribution in [0.15, 0.2) is 12.4 Å². The van der Waals surface area contributed by atoms with E-state index < -0.39 is 0 Å². The number of halogens is 1. The van der Waals surface area contributed by atoms with E-state index in [1.54, 1.807) is 6.20 Å². The van der Waals surface area contributed by atoms with E-state index in [-0.39, 0.29) is 5.82 Å². The highest BCUT2D eigenvalue weighted by molar-refractivity contribution is 5.27. The number of nitrogens with zero attached hydrogens (tertiary/aromatic N) is 1. The second-order valence-electron chi connectivity index (χ2n) is 4.19. The predicted molar refractivity (Wildman–Crippen MR) is 54.8 cm³/mol. The summed E-state index contributed by atoms with van der Waals surface area (Å²) < 4.78 is 13.6. The minimum absolute atomic E-state index is 0.114. The lowest BCUT2D eigenvalue weighted by atomic mass is 9.82. The molecule has 1 aromatic rings. The van der Waals surface area contributed by atoms with Gasteiger partial charge in [-0.25, -0.2) is 4.39 Å². The van der Waals surface area contributed by atoms with Gasteiger partial charge in [-0.15, -0.1) is 0 Å². The summed E-state index contributed by atoms with van der Waals surface area (Å²) in [6.07, 6.45) is 9.19. The highest BCUT2D eigenvalue weighted by Gasteiger charge is 2.20. The first-order valence-electron chi connectivity index (χ1n) is 5.39. The molecule has 0 spiro atoms. The molecule has 2 rings (SSSR count). The fourth-order valence-corrected chi connectivity index (χ4v) is 2.45. The molecule has 1 aliphatic carbocycles. The van der Waals surface area contributed by atoms with Crippen LogP contribution in [0.25, 0.3) is 0 Å². The lowest BCUT2D eigenvalue weighted by molar-refractivity contribution is 0.427. The van der Waals surface area contributed by atoms with Crippen LogP contribution in [0.1, 0.15) is 49.1 Å². The number of aryl methyl sites for hydroxylation is 1. The number of hydrogen-bond acceptors (Lipinski definition) is 1. The summed E-state index contributed by atoms with van der Waals surface area (Å²) in [7, 11) is 0. The third kappa shape index (κ3) is 1.79. The Hall–Kier alpha value is -0.920. The maximum atomic E-state index is 13.6. The molecule has 0 saturated heterocycles. The minimum atomic E-state index is -0.114. The van der Waals surface area contributed by atoms with Gasteiger partial charge in [-0.3, -0.25) is 4.98 Å². The second-order valence-corrected chi connectivity index (χ2v) is 4.19. The van der Waals surface area contributed by atoms with Crippen LogP contribution in [0, 0.1) is 12.7 Å². The Morgan fingerprint density at radius 2 is 1.93 bits per heavy atom. The van der Waals surface area contributed by atoms with Crippen molar-refractivity contribution in [1.82, 2.24) is 4.98 Å². The highest BCUT2D eigenvalue weighted by Crippen LogP contribution is 2.35. The maximum Gasteiger partial charge on any atom is 0.145 e. The molecule has 0 atom stereocenters. The average Bonchev–Trinajstić information content (AvgIpc) is 2.19. The normalized spacial score (nSPS) is 18.4. The molecule has 0 unspecified atom stereocenters. The lowest BCUT2D eigenvalue weighted by Gasteiger charge is -2.23. The van der Waals surface area contributed by atoms with Crippen molar-refractivity contribution in [3.63, 3.8) is 0 Å². The standard InChI is InChI=1S/C12H16FN/c1-9-7-14-8-11(13)12(9)10-5-3-2-4-6-10/h7-8,10H,2-6H2,1H3. The molecule has 1 saturated carbocycles. The van der Waals surface area contributed by atoms with Crippen LogP contribution in [-0.4, -0.2) is 4.98 Å². The maximum absolute atomic E-state index is 13.6. The van der Waals surface area contributed by atoms with Crippen LogP contribution in [0.5, 0.6) is 0 Å². The Balaban J connectivity index is 2.29. The molecule has 0 aliphatic heterocycles. The molecule has 0 amide bonds. The predicted octanol–water partition coefficient (Wildman–Crippen LogP) is 3.58. The summed E-state index contributed by atoms with van der Waals surface area (Å²) in [6.45, 7) is 1.96. The SMILES string of the molecule is Cc1cncc(F)c1C1CCCCC1. The molecular formula is C12H16FN. The third-order valence-corrected chi connectivity index (χ3v) is 3.15. The first-order chi connectivity index (χ1) is 6.79. The van der Waals surface area contributed by atoms with Gasteiger partial charge < -0.3 is 0 Å². The van der Waals surface area contributed by atoms with Crippen LogP contribution in [0.3, 0.4) is 0 Å². The van der Waals surface area contributed by atoms with Gasteiger partial charge in [0.2, 0.25) is 0 Å². The monoisotopic (exact) mass is 193 g/mol. The van der Waals surface area contributed by atoms with E-state index >= 15 is 0 Å². The zero-order valence-electron chi connectivity index (χ0n) is 8.59. The number of rotatable bonds is 1. The van der Waals surface area contributed by atoms with Gasteiger partial charge in [0.1, 0.15) is 5.82 Å². The molecular weight excluding hydrogens is 177 g/mol. The first kappa shape index (κ1) is 9.63. The Kier molecular flexibility index (Phi) is 2.80. The van der Waals surface area contributed by atoms with Gasteiger partial charge in [-0.2, -0.15) is 0 Å². The van der Waals surface area contributed by atoms with E-state index in [1.165, 1.54) is 25.5 Å². The van der Waals surface area contributed by atoms with Crippen LogP contribution in [0.4, 0.5) is 4.39 Å². The molecule has 1 aliphatic rings. The molecule has 0 aromatic carbocycles. The average molecular weight is 193 g/mol. The number of hydrogen-bond donors (Lipinski definition) is 0. The number of aromatic nitrogens is 1. The van der Waals surface area contributed by atoms with Crippen molar-refractivity contribution >= 4 is 0 Å². The van der Waals surface area contributed by atoms with Crippen molar-refractivity contribution in [2.75, 3.05) is 0 Å². The van der Waals surface area contributed by atoms with Crippen molar-refractivity contribution in [1.29, 1.82) is 0 Å². The molecule has 76 valence electrons. The quantitative estimate of drug-likeness (QED) is 0.664. The van der Waals surface area contributed by atoms with Crippen molar-refractivity contribution in [3.8, 4) is 0 Å². The lowest BCUT2D eigenvalue weighted by Crippen LogP contribution is -2.08. The Bertz CT molecular complexity index is 296. The summed E-state index contributed by atoms with van der Waals surface area (Å²) in [5, 5.41) is 0. The van der Waals surface area contributed by atoms with Crippen LogP contribution < -0.4 is 0 Å². The van der Waals surface area contributed by atoms with E-state index in [9.17, 15) is 4.39 Å². The number of pyridine rings is 1. The zero-order chi connectivity index (χ0) is 9.97. The van der Waals surface area contributed by atoms with Gasteiger partial charge in [0.15, 0.2) is 0 Å². The molecule has 14 heavy (non-hydrogen) atoms. The van der Waals surface area contributed by atoms with E-state index in [1.807, 2.05) is 6.92 Å². The fraction of sp³-hybridized carbons (Fsp3) is 0.583. The molecule has 1 fully saturated rings. The Morgan fingerprint density at radius 3 is 2.57 bits per heavy atom. The third-order valence-electron chi connectivity index (χ3n) is 3.15. The molecule has 1 heterocycles. The Labute approximate surface area is 84.4 Å². The first-order valence-corrected chi connectivity index (χ1v) is 5.39. The summed E-state index contributed by atoms with van der Waals surface area (Å²) in [6, 6.07) is 0. The second kappa shape index (κ2) is 4.07. The van der Waals surface area contributed by atoms with E-state index in [0.29, 0.717) is 5.92 Å². The summed E-state index contributed by atoms with van der Waals surface area (Å²) in [5.41, 5.74) is 1.93. The minimum Gasteiger partial charge on any atom is -0.261 e. The van der Waals surface area contributed by atoms with Crippen LogP contribution in [-0.2, 0) is 0 Å². The van der Waals surface area contributed by atoms with Crippen molar-refractivity contribution in [3.05, 3.63) is 29.3 Å². The smallest absolute Gasteiger partial charge is 0.145 e. The molecule has 0 radical (unpaired) electrons. The van der Waals surface area contributed by atoms with Crippen LogP contribution in [0.2, 0.25) is 0 Å². The highest BCUT2D eigenvalue weighted by atomic mass is 19.1. The van der Waals surface area contributed by atoms with Crippen molar-refractivity contribution in [2.24, 2.45) is 0 Å².